The molecule has 3 N–H and O–H groups in total. The molecule has 0 radical (unpaired) electrons. The molecule has 1 fully saturated rings. The molecule has 1 amide bonds. The SMILES string of the molecule is CCNC(=NCCNC(=O)c1ccccc1O)N1CCCC1. The summed E-state index contributed by atoms with van der Waals surface area (Å²) in [6.07, 6.45) is 2.41. The van der Waals surface area contributed by atoms with Crippen LogP contribution < -0.4 is 10.6 Å². The molecule has 0 atom stereocenters. The number of hydrogen-bond donors (Lipinski definition) is 3. The quantitative estimate of drug-likeness (QED) is 0.434. The first-order valence-electron chi connectivity index (χ1n) is 7.82. The smallest absolute Gasteiger partial charge is 0.255 e. The number of aliphatic imine (C=N–C) groups is 1. The van der Waals surface area contributed by atoms with Crippen molar-refractivity contribution in [3.05, 3.63) is 29.8 Å². The van der Waals surface area contributed by atoms with E-state index < -0.39 is 0 Å². The molecular formula is C16H24N4O2. The summed E-state index contributed by atoms with van der Waals surface area (Å²) in [6, 6.07) is 6.52. The average molecular weight is 304 g/mol. The van der Waals surface area contributed by atoms with Crippen LogP contribution in [0, 0.1) is 0 Å². The maximum atomic E-state index is 11.9. The maximum Gasteiger partial charge on any atom is 0.255 e. The second kappa shape index (κ2) is 8.26. The summed E-state index contributed by atoms with van der Waals surface area (Å²) in [6.45, 7) is 5.91. The van der Waals surface area contributed by atoms with Gasteiger partial charge in [-0.2, -0.15) is 0 Å². The monoisotopic (exact) mass is 304 g/mol. The van der Waals surface area contributed by atoms with Crippen molar-refractivity contribution in [2.24, 2.45) is 4.99 Å². The predicted molar refractivity (Wildman–Crippen MR) is 87.2 cm³/mol. The van der Waals surface area contributed by atoms with Crippen LogP contribution in [-0.2, 0) is 0 Å². The van der Waals surface area contributed by atoms with Crippen LogP contribution >= 0.6 is 0 Å². The second-order valence-electron chi connectivity index (χ2n) is 5.20. The van der Waals surface area contributed by atoms with Crippen molar-refractivity contribution < 1.29 is 9.90 Å². The number of carbonyl (C=O) groups excluding carboxylic acids is 1. The molecule has 1 aliphatic rings. The van der Waals surface area contributed by atoms with Crippen molar-refractivity contribution in [2.75, 3.05) is 32.7 Å². The first kappa shape index (κ1) is 16.1. The third-order valence-corrected chi connectivity index (χ3v) is 3.55. The highest BCUT2D eigenvalue weighted by Crippen LogP contribution is 2.14. The molecule has 0 bridgehead atoms. The fraction of sp³-hybridized carbons (Fsp3) is 0.500. The van der Waals surface area contributed by atoms with E-state index in [-0.39, 0.29) is 17.2 Å². The highest BCUT2D eigenvalue weighted by Gasteiger charge is 2.15. The number of guanidine groups is 1. The Balaban J connectivity index is 1.82. The number of phenolic OH excluding ortho intramolecular Hbond substituents is 1. The first-order valence-corrected chi connectivity index (χ1v) is 7.82. The lowest BCUT2D eigenvalue weighted by molar-refractivity contribution is 0.0952. The van der Waals surface area contributed by atoms with Gasteiger partial charge in [-0.3, -0.25) is 9.79 Å². The minimum absolute atomic E-state index is 0.00564. The van der Waals surface area contributed by atoms with Crippen LogP contribution in [0.1, 0.15) is 30.1 Å². The number of likely N-dealkylation sites (tertiary alicyclic amines) is 1. The van der Waals surface area contributed by atoms with Gasteiger partial charge in [-0.05, 0) is 31.9 Å². The van der Waals surface area contributed by atoms with E-state index in [1.54, 1.807) is 18.2 Å². The second-order valence-corrected chi connectivity index (χ2v) is 5.20. The van der Waals surface area contributed by atoms with Gasteiger partial charge in [0.05, 0.1) is 12.1 Å². The van der Waals surface area contributed by atoms with Crippen molar-refractivity contribution in [1.82, 2.24) is 15.5 Å². The lowest BCUT2D eigenvalue weighted by Crippen LogP contribution is -2.40. The molecule has 0 aliphatic carbocycles. The van der Waals surface area contributed by atoms with Gasteiger partial charge in [0.25, 0.3) is 5.91 Å². The predicted octanol–water partition coefficient (Wildman–Crippen LogP) is 1.18. The number of nitrogens with one attached hydrogen (secondary N) is 2. The van der Waals surface area contributed by atoms with Crippen molar-refractivity contribution in [3.8, 4) is 5.75 Å². The molecule has 1 aromatic rings. The Hall–Kier alpha value is -2.24. The van der Waals surface area contributed by atoms with E-state index in [1.165, 1.54) is 18.9 Å². The van der Waals surface area contributed by atoms with E-state index in [1.807, 2.05) is 6.92 Å². The summed E-state index contributed by atoms with van der Waals surface area (Å²) >= 11 is 0. The topological polar surface area (TPSA) is 77.0 Å². The van der Waals surface area contributed by atoms with E-state index in [0.717, 1.165) is 25.6 Å². The zero-order valence-electron chi connectivity index (χ0n) is 13.0. The van der Waals surface area contributed by atoms with Crippen molar-refractivity contribution in [2.45, 2.75) is 19.8 Å². The van der Waals surface area contributed by atoms with E-state index in [9.17, 15) is 9.90 Å². The maximum absolute atomic E-state index is 11.9. The van der Waals surface area contributed by atoms with E-state index in [2.05, 4.69) is 20.5 Å². The van der Waals surface area contributed by atoms with Gasteiger partial charge in [0, 0.05) is 26.2 Å². The number of nitrogens with zero attached hydrogens (tertiary/aromatic N) is 2. The number of amides is 1. The van der Waals surface area contributed by atoms with Crippen LogP contribution in [0.5, 0.6) is 5.75 Å². The molecular weight excluding hydrogens is 280 g/mol. The number of phenols is 1. The van der Waals surface area contributed by atoms with Crippen molar-refractivity contribution in [1.29, 1.82) is 0 Å². The summed E-state index contributed by atoms with van der Waals surface area (Å²) in [5.41, 5.74) is 0.290. The number of benzene rings is 1. The third kappa shape index (κ3) is 4.38. The van der Waals surface area contributed by atoms with Crippen molar-refractivity contribution in [3.63, 3.8) is 0 Å². The number of hydrogen-bond acceptors (Lipinski definition) is 3. The molecule has 0 saturated carbocycles. The Morgan fingerprint density at radius 2 is 2.00 bits per heavy atom. The summed E-state index contributed by atoms with van der Waals surface area (Å²) in [5.74, 6) is 0.630. The number of aromatic hydroxyl groups is 1. The van der Waals surface area contributed by atoms with Gasteiger partial charge in [0.15, 0.2) is 5.96 Å². The van der Waals surface area contributed by atoms with Crippen LogP contribution in [-0.4, -0.2) is 54.6 Å². The molecule has 1 heterocycles. The number of carbonyl (C=O) groups is 1. The summed E-state index contributed by atoms with van der Waals surface area (Å²) in [5, 5.41) is 15.7. The zero-order valence-corrected chi connectivity index (χ0v) is 13.0. The Morgan fingerprint density at radius 1 is 1.27 bits per heavy atom. The molecule has 0 aromatic heterocycles. The highest BCUT2D eigenvalue weighted by molar-refractivity contribution is 5.96. The van der Waals surface area contributed by atoms with Gasteiger partial charge in [0.1, 0.15) is 5.75 Å². The third-order valence-electron chi connectivity index (χ3n) is 3.55. The molecule has 22 heavy (non-hydrogen) atoms. The molecule has 1 aromatic carbocycles. The van der Waals surface area contributed by atoms with E-state index in [0.29, 0.717) is 13.1 Å². The van der Waals surface area contributed by atoms with Crippen LogP contribution in [0.25, 0.3) is 0 Å². The standard InChI is InChI=1S/C16H24N4O2/c1-2-17-16(20-11-5-6-12-20)19-10-9-18-15(22)13-7-3-4-8-14(13)21/h3-4,7-8,21H,2,5-6,9-12H2,1H3,(H,17,19)(H,18,22). The number of para-hydroxylation sites is 1. The molecule has 1 saturated heterocycles. The van der Waals surface area contributed by atoms with Gasteiger partial charge in [-0.15, -0.1) is 0 Å². The molecule has 6 heteroatoms. The van der Waals surface area contributed by atoms with Crippen molar-refractivity contribution >= 4 is 11.9 Å². The summed E-state index contributed by atoms with van der Waals surface area (Å²) < 4.78 is 0. The van der Waals surface area contributed by atoms with Gasteiger partial charge in [0.2, 0.25) is 0 Å². The normalized spacial score (nSPS) is 15.0. The Labute approximate surface area is 131 Å². The molecule has 6 nitrogen and oxygen atoms in total. The summed E-state index contributed by atoms with van der Waals surface area (Å²) in [4.78, 5) is 18.7. The lowest BCUT2D eigenvalue weighted by Gasteiger charge is -2.20. The minimum Gasteiger partial charge on any atom is -0.507 e. The first-order chi connectivity index (χ1) is 10.7. The van der Waals surface area contributed by atoms with Crippen LogP contribution in [0.15, 0.2) is 29.3 Å². The lowest BCUT2D eigenvalue weighted by atomic mass is 10.2. The van der Waals surface area contributed by atoms with Gasteiger partial charge < -0.3 is 20.6 Å². The molecule has 0 spiro atoms. The Morgan fingerprint density at radius 3 is 2.68 bits per heavy atom. The highest BCUT2D eigenvalue weighted by atomic mass is 16.3. The van der Waals surface area contributed by atoms with Crippen LogP contribution in [0.2, 0.25) is 0 Å². The fourth-order valence-corrected chi connectivity index (χ4v) is 2.45. The average Bonchev–Trinajstić information content (AvgIpc) is 3.05. The molecule has 1 aliphatic heterocycles. The van der Waals surface area contributed by atoms with Crippen LogP contribution in [0.3, 0.4) is 0 Å². The van der Waals surface area contributed by atoms with Gasteiger partial charge in [-0.25, -0.2) is 0 Å². The van der Waals surface area contributed by atoms with E-state index >= 15 is 0 Å². The zero-order chi connectivity index (χ0) is 15.8. The van der Waals surface area contributed by atoms with Gasteiger partial charge in [-0.1, -0.05) is 12.1 Å². The summed E-state index contributed by atoms with van der Waals surface area (Å²) in [7, 11) is 0. The van der Waals surface area contributed by atoms with Crippen LogP contribution in [0.4, 0.5) is 0 Å². The largest absolute Gasteiger partial charge is 0.507 e. The van der Waals surface area contributed by atoms with Gasteiger partial charge >= 0.3 is 0 Å². The number of rotatable bonds is 5. The molecule has 0 unspecified atom stereocenters. The van der Waals surface area contributed by atoms with E-state index in [4.69, 9.17) is 0 Å². The minimum atomic E-state index is -0.278. The Bertz CT molecular complexity index is 525. The Kier molecular flexibility index (Phi) is 6.06. The molecule has 2 rings (SSSR count). The fourth-order valence-electron chi connectivity index (χ4n) is 2.45. The molecule has 120 valence electrons.